The molecule has 3 heterocycles. The maximum atomic E-state index is 12.6. The van der Waals surface area contributed by atoms with E-state index in [4.69, 9.17) is 4.74 Å². The molecule has 2 saturated heterocycles. The van der Waals surface area contributed by atoms with Gasteiger partial charge in [-0.25, -0.2) is 0 Å². The lowest BCUT2D eigenvalue weighted by molar-refractivity contribution is 0.0587. The summed E-state index contributed by atoms with van der Waals surface area (Å²) in [7, 11) is 1.72. The Bertz CT molecular complexity index is 514. The average Bonchev–Trinajstić information content (AvgIpc) is 3.11. The van der Waals surface area contributed by atoms with Crippen LogP contribution in [0.3, 0.4) is 0 Å². The quantitative estimate of drug-likeness (QED) is 0.809. The molecule has 9 heteroatoms. The van der Waals surface area contributed by atoms with E-state index in [1.165, 1.54) is 0 Å². The standard InChI is InChI=1S/C16H27N5O2.2ClH/c1-23-12-11-19-7-9-20(10-8-19)16(22)15-4-6-21(18-15)14-3-2-5-17-13-14;;/h4,6,14,17H,2-3,5,7-13H2,1H3;2*1H. The van der Waals surface area contributed by atoms with E-state index in [-0.39, 0.29) is 30.7 Å². The predicted molar refractivity (Wildman–Crippen MR) is 102 cm³/mol. The lowest BCUT2D eigenvalue weighted by Gasteiger charge is -2.34. The van der Waals surface area contributed by atoms with E-state index in [1.807, 2.05) is 21.8 Å². The van der Waals surface area contributed by atoms with Crippen LogP contribution in [-0.2, 0) is 4.74 Å². The zero-order valence-electron chi connectivity index (χ0n) is 14.7. The predicted octanol–water partition coefficient (Wildman–Crippen LogP) is 1.06. The minimum Gasteiger partial charge on any atom is -0.383 e. The third-order valence-corrected chi connectivity index (χ3v) is 4.74. The number of nitrogens with one attached hydrogen (secondary N) is 1. The van der Waals surface area contributed by atoms with Gasteiger partial charge in [-0.3, -0.25) is 14.4 Å². The number of methoxy groups -OCH3 is 1. The van der Waals surface area contributed by atoms with Crippen molar-refractivity contribution in [2.24, 2.45) is 0 Å². The van der Waals surface area contributed by atoms with Crippen LogP contribution in [0.2, 0.25) is 0 Å². The molecular formula is C16H29Cl2N5O2. The minimum absolute atomic E-state index is 0. The molecule has 2 aliphatic rings. The first-order valence-corrected chi connectivity index (χ1v) is 8.54. The summed E-state index contributed by atoms with van der Waals surface area (Å²) in [6, 6.07) is 2.23. The Balaban J connectivity index is 0.00000156. The highest BCUT2D eigenvalue weighted by molar-refractivity contribution is 5.92. The van der Waals surface area contributed by atoms with Crippen molar-refractivity contribution >= 4 is 30.7 Å². The molecule has 25 heavy (non-hydrogen) atoms. The zero-order valence-corrected chi connectivity index (χ0v) is 16.4. The van der Waals surface area contributed by atoms with Gasteiger partial charge in [0.2, 0.25) is 0 Å². The number of halogens is 2. The zero-order chi connectivity index (χ0) is 16.1. The summed E-state index contributed by atoms with van der Waals surface area (Å²) in [5, 5.41) is 7.91. The van der Waals surface area contributed by atoms with Crippen molar-refractivity contribution in [2.45, 2.75) is 18.9 Å². The summed E-state index contributed by atoms with van der Waals surface area (Å²) in [5.74, 6) is 0.0545. The number of piperazine rings is 1. The number of hydrogen-bond donors (Lipinski definition) is 1. The SMILES string of the molecule is COCCN1CCN(C(=O)c2ccn(C3CCCNC3)n2)CC1.Cl.Cl. The Hall–Kier alpha value is -0.860. The molecule has 0 aliphatic carbocycles. The summed E-state index contributed by atoms with van der Waals surface area (Å²) in [4.78, 5) is 16.9. The molecule has 0 spiro atoms. The maximum Gasteiger partial charge on any atom is 0.274 e. The van der Waals surface area contributed by atoms with Crippen molar-refractivity contribution in [1.82, 2.24) is 24.9 Å². The molecule has 144 valence electrons. The molecule has 3 rings (SSSR count). The van der Waals surface area contributed by atoms with Crippen LogP contribution in [0.25, 0.3) is 0 Å². The lowest BCUT2D eigenvalue weighted by atomic mass is 10.1. The Labute approximate surface area is 161 Å². The van der Waals surface area contributed by atoms with Crippen molar-refractivity contribution in [3.63, 3.8) is 0 Å². The summed E-state index contributed by atoms with van der Waals surface area (Å²) in [5.41, 5.74) is 0.570. The second-order valence-corrected chi connectivity index (χ2v) is 6.31. The first kappa shape index (κ1) is 22.2. The van der Waals surface area contributed by atoms with Crippen LogP contribution in [-0.4, -0.2) is 85.0 Å². The first-order chi connectivity index (χ1) is 11.3. The smallest absolute Gasteiger partial charge is 0.274 e. The molecule has 0 radical (unpaired) electrons. The van der Waals surface area contributed by atoms with Gasteiger partial charge in [0.25, 0.3) is 5.91 Å². The van der Waals surface area contributed by atoms with Gasteiger partial charge in [-0.2, -0.15) is 5.10 Å². The number of amides is 1. The van der Waals surface area contributed by atoms with Crippen LogP contribution in [0.1, 0.15) is 29.4 Å². The number of ether oxygens (including phenoxy) is 1. The number of carbonyl (C=O) groups excluding carboxylic acids is 1. The number of rotatable bonds is 5. The van der Waals surface area contributed by atoms with Crippen LogP contribution >= 0.6 is 24.8 Å². The molecule has 1 aromatic heterocycles. The Morgan fingerprint density at radius 3 is 2.72 bits per heavy atom. The molecule has 2 fully saturated rings. The van der Waals surface area contributed by atoms with Gasteiger partial charge in [-0.1, -0.05) is 0 Å². The van der Waals surface area contributed by atoms with Crippen molar-refractivity contribution in [3.8, 4) is 0 Å². The fourth-order valence-corrected chi connectivity index (χ4v) is 3.27. The number of aromatic nitrogens is 2. The highest BCUT2D eigenvalue weighted by Gasteiger charge is 2.24. The summed E-state index contributed by atoms with van der Waals surface area (Å²) < 4.78 is 7.06. The van der Waals surface area contributed by atoms with Gasteiger partial charge in [0, 0.05) is 52.6 Å². The molecule has 1 amide bonds. The second-order valence-electron chi connectivity index (χ2n) is 6.31. The van der Waals surface area contributed by atoms with Crippen LogP contribution in [0, 0.1) is 0 Å². The summed E-state index contributed by atoms with van der Waals surface area (Å²) in [6.45, 7) is 7.03. The number of carbonyl (C=O) groups is 1. The van der Waals surface area contributed by atoms with Crippen molar-refractivity contribution in [2.75, 3.05) is 59.5 Å². The van der Waals surface area contributed by atoms with Gasteiger partial charge in [-0.15, -0.1) is 24.8 Å². The van der Waals surface area contributed by atoms with Crippen molar-refractivity contribution < 1.29 is 9.53 Å². The highest BCUT2D eigenvalue weighted by Crippen LogP contribution is 2.16. The maximum absolute atomic E-state index is 12.6. The fraction of sp³-hybridized carbons (Fsp3) is 0.750. The van der Waals surface area contributed by atoms with Gasteiger partial charge in [0.1, 0.15) is 5.69 Å². The Kier molecular flexibility index (Phi) is 9.74. The molecule has 1 N–H and O–H groups in total. The largest absolute Gasteiger partial charge is 0.383 e. The third kappa shape index (κ3) is 5.82. The fourth-order valence-electron chi connectivity index (χ4n) is 3.27. The van der Waals surface area contributed by atoms with E-state index in [2.05, 4.69) is 15.3 Å². The molecule has 0 aromatic carbocycles. The molecule has 2 aliphatic heterocycles. The topological polar surface area (TPSA) is 62.6 Å². The summed E-state index contributed by atoms with van der Waals surface area (Å²) >= 11 is 0. The Morgan fingerprint density at radius 1 is 1.32 bits per heavy atom. The molecular weight excluding hydrogens is 365 g/mol. The molecule has 1 aromatic rings. The van der Waals surface area contributed by atoms with Gasteiger partial charge in [0.05, 0.1) is 12.6 Å². The molecule has 1 unspecified atom stereocenters. The van der Waals surface area contributed by atoms with E-state index in [9.17, 15) is 4.79 Å². The normalized spacial score (nSPS) is 21.3. The van der Waals surface area contributed by atoms with Crippen LogP contribution in [0.4, 0.5) is 0 Å². The second kappa shape index (κ2) is 11.0. The average molecular weight is 394 g/mol. The van der Waals surface area contributed by atoms with Gasteiger partial charge < -0.3 is 15.0 Å². The van der Waals surface area contributed by atoms with Gasteiger partial charge in [0.15, 0.2) is 0 Å². The van der Waals surface area contributed by atoms with Crippen LogP contribution in [0.15, 0.2) is 12.3 Å². The molecule has 0 saturated carbocycles. The molecule has 1 atom stereocenters. The number of hydrogen-bond acceptors (Lipinski definition) is 5. The van der Waals surface area contributed by atoms with Crippen molar-refractivity contribution in [3.05, 3.63) is 18.0 Å². The summed E-state index contributed by atoms with van der Waals surface area (Å²) in [6.07, 6.45) is 4.23. The van der Waals surface area contributed by atoms with E-state index >= 15 is 0 Å². The van der Waals surface area contributed by atoms with Gasteiger partial charge >= 0.3 is 0 Å². The van der Waals surface area contributed by atoms with E-state index in [1.54, 1.807) is 7.11 Å². The highest BCUT2D eigenvalue weighted by atomic mass is 35.5. The van der Waals surface area contributed by atoms with E-state index in [0.717, 1.165) is 65.3 Å². The monoisotopic (exact) mass is 393 g/mol. The van der Waals surface area contributed by atoms with Crippen molar-refractivity contribution in [1.29, 1.82) is 0 Å². The van der Waals surface area contributed by atoms with Gasteiger partial charge in [-0.05, 0) is 25.5 Å². The molecule has 7 nitrogen and oxygen atoms in total. The number of piperidine rings is 1. The molecule has 0 bridgehead atoms. The van der Waals surface area contributed by atoms with Crippen LogP contribution in [0.5, 0.6) is 0 Å². The first-order valence-electron chi connectivity index (χ1n) is 8.54. The van der Waals surface area contributed by atoms with Crippen LogP contribution < -0.4 is 5.32 Å². The number of nitrogens with zero attached hydrogens (tertiary/aromatic N) is 4. The van der Waals surface area contributed by atoms with E-state index in [0.29, 0.717) is 11.7 Å². The third-order valence-electron chi connectivity index (χ3n) is 4.74. The van der Waals surface area contributed by atoms with E-state index < -0.39 is 0 Å². The Morgan fingerprint density at radius 2 is 2.08 bits per heavy atom. The minimum atomic E-state index is 0. The lowest BCUT2D eigenvalue weighted by Crippen LogP contribution is -2.49.